The van der Waals surface area contributed by atoms with Gasteiger partial charge in [0.05, 0.1) is 20.8 Å². The maximum atomic E-state index is 6.00. The van der Waals surface area contributed by atoms with Crippen molar-refractivity contribution in [2.24, 2.45) is 5.73 Å². The van der Waals surface area contributed by atoms with E-state index >= 15 is 0 Å². The van der Waals surface area contributed by atoms with Crippen molar-refractivity contribution in [2.75, 3.05) is 20.8 Å². The molecule has 0 spiro atoms. The predicted octanol–water partition coefficient (Wildman–Crippen LogP) is 1.49. The highest BCUT2D eigenvalue weighted by atomic mass is 16.5. The van der Waals surface area contributed by atoms with E-state index in [0.717, 1.165) is 23.5 Å². The fraction of sp³-hybridized carbons (Fsp3) is 0.455. The number of hydrogen-bond donors (Lipinski definition) is 1. The first kappa shape index (κ1) is 10.1. The molecule has 4 nitrogen and oxygen atoms in total. The smallest absolute Gasteiger partial charge is 0.166 e. The molecule has 1 aromatic carbocycles. The van der Waals surface area contributed by atoms with Crippen LogP contribution in [0.5, 0.6) is 17.2 Å². The SMILES string of the molecule is COc1cc(OC)c2c(c1)C(N)CCO2. The van der Waals surface area contributed by atoms with E-state index in [1.54, 1.807) is 20.3 Å². The van der Waals surface area contributed by atoms with E-state index in [9.17, 15) is 0 Å². The fourth-order valence-electron chi connectivity index (χ4n) is 1.74. The third kappa shape index (κ3) is 1.72. The summed E-state index contributed by atoms with van der Waals surface area (Å²) in [5.41, 5.74) is 6.96. The quantitative estimate of drug-likeness (QED) is 0.801. The maximum absolute atomic E-state index is 6.00. The van der Waals surface area contributed by atoms with Gasteiger partial charge in [0.15, 0.2) is 11.5 Å². The second-order valence-corrected chi connectivity index (χ2v) is 3.49. The first-order chi connectivity index (χ1) is 7.26. The van der Waals surface area contributed by atoms with Crippen LogP contribution in [0.2, 0.25) is 0 Å². The highest BCUT2D eigenvalue weighted by molar-refractivity contribution is 5.53. The van der Waals surface area contributed by atoms with Crippen LogP contribution in [-0.4, -0.2) is 20.8 Å². The lowest BCUT2D eigenvalue weighted by atomic mass is 10.0. The summed E-state index contributed by atoms with van der Waals surface area (Å²) < 4.78 is 16.0. The molecule has 0 aliphatic carbocycles. The van der Waals surface area contributed by atoms with Crippen LogP contribution in [0.25, 0.3) is 0 Å². The van der Waals surface area contributed by atoms with Gasteiger partial charge in [0.1, 0.15) is 5.75 Å². The van der Waals surface area contributed by atoms with Crippen molar-refractivity contribution in [3.8, 4) is 17.2 Å². The van der Waals surface area contributed by atoms with Crippen molar-refractivity contribution in [2.45, 2.75) is 12.5 Å². The van der Waals surface area contributed by atoms with Crippen molar-refractivity contribution < 1.29 is 14.2 Å². The molecule has 0 saturated heterocycles. The zero-order chi connectivity index (χ0) is 10.8. The van der Waals surface area contributed by atoms with Gasteiger partial charge in [0.25, 0.3) is 0 Å². The summed E-state index contributed by atoms with van der Waals surface area (Å²) in [5.74, 6) is 2.17. The Morgan fingerprint density at radius 3 is 2.80 bits per heavy atom. The van der Waals surface area contributed by atoms with E-state index in [-0.39, 0.29) is 6.04 Å². The monoisotopic (exact) mass is 209 g/mol. The van der Waals surface area contributed by atoms with Gasteiger partial charge < -0.3 is 19.9 Å². The van der Waals surface area contributed by atoms with E-state index in [2.05, 4.69) is 0 Å². The number of fused-ring (bicyclic) bond motifs is 1. The lowest BCUT2D eigenvalue weighted by Crippen LogP contribution is -2.21. The molecule has 1 aliphatic heterocycles. The van der Waals surface area contributed by atoms with Crippen LogP contribution in [0.15, 0.2) is 12.1 Å². The number of rotatable bonds is 2. The second-order valence-electron chi connectivity index (χ2n) is 3.49. The molecule has 0 aromatic heterocycles. The van der Waals surface area contributed by atoms with Gasteiger partial charge in [-0.25, -0.2) is 0 Å². The number of methoxy groups -OCH3 is 2. The zero-order valence-electron chi connectivity index (χ0n) is 8.95. The van der Waals surface area contributed by atoms with Gasteiger partial charge in [0.2, 0.25) is 0 Å². The van der Waals surface area contributed by atoms with Gasteiger partial charge in [-0.1, -0.05) is 0 Å². The molecule has 0 amide bonds. The first-order valence-corrected chi connectivity index (χ1v) is 4.90. The zero-order valence-corrected chi connectivity index (χ0v) is 8.95. The highest BCUT2D eigenvalue weighted by Crippen LogP contribution is 2.41. The Morgan fingerprint density at radius 1 is 1.33 bits per heavy atom. The number of hydrogen-bond acceptors (Lipinski definition) is 4. The van der Waals surface area contributed by atoms with E-state index < -0.39 is 0 Å². The summed E-state index contributed by atoms with van der Waals surface area (Å²) in [6, 6.07) is 3.70. The molecule has 1 unspecified atom stereocenters. The van der Waals surface area contributed by atoms with Crippen LogP contribution in [0.3, 0.4) is 0 Å². The van der Waals surface area contributed by atoms with Crippen molar-refractivity contribution in [1.29, 1.82) is 0 Å². The average molecular weight is 209 g/mol. The molecule has 4 heteroatoms. The molecule has 1 aromatic rings. The summed E-state index contributed by atoms with van der Waals surface area (Å²) in [7, 11) is 3.23. The lowest BCUT2D eigenvalue weighted by molar-refractivity contribution is 0.251. The Bertz CT molecular complexity index is 365. The van der Waals surface area contributed by atoms with E-state index in [0.29, 0.717) is 12.4 Å². The molecule has 0 saturated carbocycles. The van der Waals surface area contributed by atoms with Gasteiger partial charge >= 0.3 is 0 Å². The lowest BCUT2D eigenvalue weighted by Gasteiger charge is -2.25. The molecule has 15 heavy (non-hydrogen) atoms. The summed E-state index contributed by atoms with van der Waals surface area (Å²) in [5, 5.41) is 0. The van der Waals surface area contributed by atoms with Gasteiger partial charge in [-0.05, 0) is 6.07 Å². The van der Waals surface area contributed by atoms with Crippen LogP contribution in [0.4, 0.5) is 0 Å². The Morgan fingerprint density at radius 2 is 2.13 bits per heavy atom. The normalized spacial score (nSPS) is 19.0. The van der Waals surface area contributed by atoms with Crippen molar-refractivity contribution in [1.82, 2.24) is 0 Å². The minimum Gasteiger partial charge on any atom is -0.497 e. The number of ether oxygens (including phenoxy) is 3. The van der Waals surface area contributed by atoms with Crippen molar-refractivity contribution in [3.05, 3.63) is 17.7 Å². The number of nitrogens with two attached hydrogens (primary N) is 1. The van der Waals surface area contributed by atoms with Gasteiger partial charge in [-0.2, -0.15) is 0 Å². The molecule has 1 aliphatic rings. The number of benzene rings is 1. The second kappa shape index (κ2) is 3.98. The van der Waals surface area contributed by atoms with Crippen molar-refractivity contribution >= 4 is 0 Å². The molecule has 1 heterocycles. The fourth-order valence-corrected chi connectivity index (χ4v) is 1.74. The summed E-state index contributed by atoms with van der Waals surface area (Å²) >= 11 is 0. The third-order valence-electron chi connectivity index (χ3n) is 2.59. The van der Waals surface area contributed by atoms with Gasteiger partial charge in [-0.3, -0.25) is 0 Å². The van der Waals surface area contributed by atoms with Crippen LogP contribution in [0.1, 0.15) is 18.0 Å². The highest BCUT2D eigenvalue weighted by Gasteiger charge is 2.22. The van der Waals surface area contributed by atoms with Crippen molar-refractivity contribution in [3.63, 3.8) is 0 Å². The molecule has 0 radical (unpaired) electrons. The van der Waals surface area contributed by atoms with Crippen LogP contribution >= 0.6 is 0 Å². The molecule has 0 bridgehead atoms. The Hall–Kier alpha value is -1.42. The molecule has 2 rings (SSSR count). The predicted molar refractivity (Wildman–Crippen MR) is 56.6 cm³/mol. The van der Waals surface area contributed by atoms with Crippen LogP contribution in [0, 0.1) is 0 Å². The van der Waals surface area contributed by atoms with E-state index in [1.165, 1.54) is 0 Å². The molecular weight excluding hydrogens is 194 g/mol. The molecular formula is C11H15NO3. The Kier molecular flexibility index (Phi) is 2.68. The van der Waals surface area contributed by atoms with E-state index in [4.69, 9.17) is 19.9 Å². The molecule has 0 fully saturated rings. The molecule has 1 atom stereocenters. The van der Waals surface area contributed by atoms with Crippen LogP contribution in [-0.2, 0) is 0 Å². The van der Waals surface area contributed by atoms with Gasteiger partial charge in [-0.15, -0.1) is 0 Å². The first-order valence-electron chi connectivity index (χ1n) is 4.90. The largest absolute Gasteiger partial charge is 0.497 e. The average Bonchev–Trinajstić information content (AvgIpc) is 2.28. The maximum Gasteiger partial charge on any atom is 0.166 e. The Labute approximate surface area is 88.9 Å². The standard InChI is InChI=1S/C11H15NO3/c1-13-7-5-8-9(12)3-4-15-11(8)10(6-7)14-2/h5-6,9H,3-4,12H2,1-2H3. The minimum absolute atomic E-state index is 0.00208. The summed E-state index contributed by atoms with van der Waals surface area (Å²) in [4.78, 5) is 0. The topological polar surface area (TPSA) is 53.7 Å². The third-order valence-corrected chi connectivity index (χ3v) is 2.59. The van der Waals surface area contributed by atoms with Crippen LogP contribution < -0.4 is 19.9 Å². The van der Waals surface area contributed by atoms with Gasteiger partial charge in [0, 0.05) is 24.1 Å². The summed E-state index contributed by atoms with van der Waals surface area (Å²) in [6.45, 7) is 0.636. The Balaban J connectivity index is 2.52. The molecule has 82 valence electrons. The molecule has 2 N–H and O–H groups in total. The van der Waals surface area contributed by atoms with E-state index in [1.807, 2.05) is 6.07 Å². The minimum atomic E-state index is -0.00208. The summed E-state index contributed by atoms with van der Waals surface area (Å²) in [6.07, 6.45) is 0.823.